The fourth-order valence-corrected chi connectivity index (χ4v) is 1.50. The highest BCUT2D eigenvalue weighted by molar-refractivity contribution is 9.10. The molecule has 1 aromatic rings. The third kappa shape index (κ3) is 2.97. The van der Waals surface area contributed by atoms with Gasteiger partial charge >= 0.3 is 0 Å². The smallest absolute Gasteiger partial charge is 0.292 e. The second-order valence-corrected chi connectivity index (χ2v) is 4.73. The summed E-state index contributed by atoms with van der Waals surface area (Å²) in [6, 6.07) is 4.68. The predicted molar refractivity (Wildman–Crippen MR) is 67.3 cm³/mol. The summed E-state index contributed by atoms with van der Waals surface area (Å²) in [6.45, 7) is 3.55. The SMILES string of the molecule is C#CC(C)(C)Nc1cc(Br)ccc1[N+](=O)[O-]. The van der Waals surface area contributed by atoms with Crippen LogP contribution in [0.4, 0.5) is 11.4 Å². The monoisotopic (exact) mass is 282 g/mol. The first kappa shape index (κ1) is 12.5. The van der Waals surface area contributed by atoms with E-state index < -0.39 is 10.5 Å². The Balaban J connectivity index is 3.17. The first-order chi connectivity index (χ1) is 7.35. The van der Waals surface area contributed by atoms with Crippen LogP contribution in [-0.2, 0) is 0 Å². The van der Waals surface area contributed by atoms with Crippen molar-refractivity contribution in [1.82, 2.24) is 0 Å². The molecule has 5 heteroatoms. The average molecular weight is 283 g/mol. The van der Waals surface area contributed by atoms with E-state index in [-0.39, 0.29) is 5.69 Å². The molecule has 1 N–H and O–H groups in total. The molecule has 0 aliphatic heterocycles. The van der Waals surface area contributed by atoms with Crippen LogP contribution in [0, 0.1) is 22.5 Å². The standard InChI is InChI=1S/C11H11BrN2O2/c1-4-11(2,3)13-9-7-8(12)5-6-10(9)14(15)16/h1,5-7,13H,2-3H3. The molecule has 0 saturated heterocycles. The second kappa shape index (κ2) is 4.54. The normalized spacial score (nSPS) is 10.6. The van der Waals surface area contributed by atoms with Crippen molar-refractivity contribution in [3.8, 4) is 12.3 Å². The molecule has 0 amide bonds. The highest BCUT2D eigenvalue weighted by Crippen LogP contribution is 2.29. The van der Waals surface area contributed by atoms with Gasteiger partial charge in [-0.25, -0.2) is 0 Å². The maximum absolute atomic E-state index is 10.8. The molecule has 0 radical (unpaired) electrons. The summed E-state index contributed by atoms with van der Waals surface area (Å²) >= 11 is 3.26. The Hall–Kier alpha value is -1.54. The van der Waals surface area contributed by atoms with Crippen LogP contribution in [0.3, 0.4) is 0 Å². The number of halogens is 1. The molecule has 1 rings (SSSR count). The van der Waals surface area contributed by atoms with Crippen molar-refractivity contribution >= 4 is 27.3 Å². The van der Waals surface area contributed by atoms with Gasteiger partial charge in [0.15, 0.2) is 0 Å². The van der Waals surface area contributed by atoms with Gasteiger partial charge in [-0.05, 0) is 26.0 Å². The third-order valence-electron chi connectivity index (χ3n) is 1.96. The number of benzene rings is 1. The molecular weight excluding hydrogens is 272 g/mol. The molecule has 16 heavy (non-hydrogen) atoms. The van der Waals surface area contributed by atoms with E-state index >= 15 is 0 Å². The minimum Gasteiger partial charge on any atom is -0.364 e. The van der Waals surface area contributed by atoms with Crippen LogP contribution in [0.25, 0.3) is 0 Å². The fourth-order valence-electron chi connectivity index (χ4n) is 1.14. The summed E-state index contributed by atoms with van der Waals surface area (Å²) in [7, 11) is 0. The van der Waals surface area contributed by atoms with Gasteiger partial charge in [0.2, 0.25) is 0 Å². The summed E-state index contributed by atoms with van der Waals surface area (Å²) in [4.78, 5) is 10.4. The summed E-state index contributed by atoms with van der Waals surface area (Å²) < 4.78 is 0.758. The van der Waals surface area contributed by atoms with E-state index in [4.69, 9.17) is 6.42 Å². The number of nitrogens with one attached hydrogen (secondary N) is 1. The highest BCUT2D eigenvalue weighted by Gasteiger charge is 2.20. The summed E-state index contributed by atoms with van der Waals surface area (Å²) in [5.41, 5.74) is -0.222. The van der Waals surface area contributed by atoms with Gasteiger partial charge in [0, 0.05) is 10.5 Å². The van der Waals surface area contributed by atoms with E-state index in [0.717, 1.165) is 4.47 Å². The van der Waals surface area contributed by atoms with Crippen molar-refractivity contribution in [2.75, 3.05) is 5.32 Å². The van der Waals surface area contributed by atoms with Crippen LogP contribution in [0.15, 0.2) is 22.7 Å². The maximum Gasteiger partial charge on any atom is 0.292 e. The topological polar surface area (TPSA) is 55.2 Å². The number of nitrogens with zero attached hydrogens (tertiary/aromatic N) is 1. The van der Waals surface area contributed by atoms with Crippen LogP contribution < -0.4 is 5.32 Å². The van der Waals surface area contributed by atoms with Gasteiger partial charge in [0.05, 0.1) is 10.5 Å². The van der Waals surface area contributed by atoms with E-state index in [9.17, 15) is 10.1 Å². The number of hydrogen-bond acceptors (Lipinski definition) is 3. The van der Waals surface area contributed by atoms with Crippen LogP contribution in [0.2, 0.25) is 0 Å². The largest absolute Gasteiger partial charge is 0.364 e. The van der Waals surface area contributed by atoms with Gasteiger partial charge in [-0.3, -0.25) is 10.1 Å². The van der Waals surface area contributed by atoms with E-state index in [1.54, 1.807) is 26.0 Å². The molecule has 0 bridgehead atoms. The lowest BCUT2D eigenvalue weighted by Crippen LogP contribution is -2.28. The maximum atomic E-state index is 10.8. The first-order valence-electron chi connectivity index (χ1n) is 4.55. The molecule has 0 saturated carbocycles. The summed E-state index contributed by atoms with van der Waals surface area (Å²) in [5.74, 6) is 2.53. The van der Waals surface area contributed by atoms with Gasteiger partial charge in [-0.2, -0.15) is 0 Å². The molecule has 0 aliphatic carbocycles. The lowest BCUT2D eigenvalue weighted by molar-refractivity contribution is -0.384. The number of terminal acetylenes is 1. The van der Waals surface area contributed by atoms with E-state index in [0.29, 0.717) is 5.69 Å². The minimum absolute atomic E-state index is 0.00604. The van der Waals surface area contributed by atoms with Crippen LogP contribution in [0.1, 0.15) is 13.8 Å². The Kier molecular flexibility index (Phi) is 3.55. The van der Waals surface area contributed by atoms with Crippen molar-refractivity contribution in [3.63, 3.8) is 0 Å². The average Bonchev–Trinajstić information content (AvgIpc) is 2.16. The van der Waals surface area contributed by atoms with E-state index in [2.05, 4.69) is 27.2 Å². The molecule has 0 spiro atoms. The molecule has 0 atom stereocenters. The zero-order chi connectivity index (χ0) is 12.3. The zero-order valence-corrected chi connectivity index (χ0v) is 10.5. The van der Waals surface area contributed by atoms with E-state index in [1.807, 2.05) is 0 Å². The Labute approximate surface area is 102 Å². The molecule has 0 unspecified atom stereocenters. The Morgan fingerprint density at radius 2 is 2.19 bits per heavy atom. The minimum atomic E-state index is -0.633. The molecule has 0 aromatic heterocycles. The lowest BCUT2D eigenvalue weighted by Gasteiger charge is -2.20. The van der Waals surface area contributed by atoms with Crippen molar-refractivity contribution in [3.05, 3.63) is 32.8 Å². The number of rotatable bonds is 3. The number of hydrogen-bond donors (Lipinski definition) is 1. The Morgan fingerprint density at radius 1 is 1.56 bits per heavy atom. The van der Waals surface area contributed by atoms with Gasteiger partial charge in [-0.1, -0.05) is 21.9 Å². The number of nitro benzene ring substituents is 1. The van der Waals surface area contributed by atoms with Crippen molar-refractivity contribution in [1.29, 1.82) is 0 Å². The first-order valence-corrected chi connectivity index (χ1v) is 5.35. The fraction of sp³-hybridized carbons (Fsp3) is 0.273. The zero-order valence-electron chi connectivity index (χ0n) is 8.95. The van der Waals surface area contributed by atoms with Crippen molar-refractivity contribution in [2.45, 2.75) is 19.4 Å². The highest BCUT2D eigenvalue weighted by atomic mass is 79.9. The van der Waals surface area contributed by atoms with Crippen LogP contribution >= 0.6 is 15.9 Å². The van der Waals surface area contributed by atoms with Crippen molar-refractivity contribution in [2.24, 2.45) is 0 Å². The third-order valence-corrected chi connectivity index (χ3v) is 2.46. The number of nitro groups is 1. The van der Waals surface area contributed by atoms with Gasteiger partial charge < -0.3 is 5.32 Å². The van der Waals surface area contributed by atoms with E-state index in [1.165, 1.54) is 6.07 Å². The van der Waals surface area contributed by atoms with Gasteiger partial charge in [0.25, 0.3) is 5.69 Å². The summed E-state index contributed by atoms with van der Waals surface area (Å²) in [5, 5.41) is 13.8. The van der Waals surface area contributed by atoms with Crippen LogP contribution in [-0.4, -0.2) is 10.5 Å². The summed E-state index contributed by atoms with van der Waals surface area (Å²) in [6.07, 6.45) is 5.32. The van der Waals surface area contributed by atoms with Gasteiger partial charge in [0.1, 0.15) is 5.69 Å². The Bertz CT molecular complexity index is 464. The van der Waals surface area contributed by atoms with Gasteiger partial charge in [-0.15, -0.1) is 6.42 Å². The molecule has 0 fully saturated rings. The molecule has 84 valence electrons. The second-order valence-electron chi connectivity index (χ2n) is 3.81. The molecule has 1 aromatic carbocycles. The lowest BCUT2D eigenvalue weighted by atomic mass is 10.1. The Morgan fingerprint density at radius 3 is 2.69 bits per heavy atom. The molecular formula is C11H11BrN2O2. The van der Waals surface area contributed by atoms with Crippen molar-refractivity contribution < 1.29 is 4.92 Å². The van der Waals surface area contributed by atoms with Crippen LogP contribution in [0.5, 0.6) is 0 Å². The molecule has 0 heterocycles. The predicted octanol–water partition coefficient (Wildman–Crippen LogP) is 3.18. The number of anilines is 1. The molecule has 4 nitrogen and oxygen atoms in total. The molecule has 0 aliphatic rings. The quantitative estimate of drug-likeness (QED) is 0.526.